The van der Waals surface area contributed by atoms with Crippen LogP contribution in [0.3, 0.4) is 0 Å². The standard InChI is InChI=1S/C10H24N2/c1-5-8-12(11)9-6-7-10(2,3)4/h5-9,11H2,1-4H3. The van der Waals surface area contributed by atoms with E-state index in [2.05, 4.69) is 27.7 Å². The predicted molar refractivity (Wildman–Crippen MR) is 54.7 cm³/mol. The molecule has 0 aliphatic heterocycles. The molecule has 0 aliphatic rings. The molecule has 0 aliphatic carbocycles. The predicted octanol–water partition coefficient (Wildman–Crippen LogP) is 2.40. The van der Waals surface area contributed by atoms with Gasteiger partial charge in [0.05, 0.1) is 0 Å². The van der Waals surface area contributed by atoms with Crippen LogP contribution in [0.1, 0.15) is 47.0 Å². The molecule has 0 saturated heterocycles. The first-order valence-electron chi connectivity index (χ1n) is 4.95. The minimum absolute atomic E-state index is 0.451. The van der Waals surface area contributed by atoms with E-state index in [0.717, 1.165) is 19.5 Å². The van der Waals surface area contributed by atoms with Crippen LogP contribution in [0.2, 0.25) is 0 Å². The second-order valence-electron chi connectivity index (χ2n) is 4.70. The van der Waals surface area contributed by atoms with Gasteiger partial charge in [-0.3, -0.25) is 5.84 Å². The average molecular weight is 172 g/mol. The second kappa shape index (κ2) is 5.55. The number of hydrazine groups is 1. The summed E-state index contributed by atoms with van der Waals surface area (Å²) in [5.41, 5.74) is 0.451. The van der Waals surface area contributed by atoms with Gasteiger partial charge in [0.2, 0.25) is 0 Å². The first-order valence-corrected chi connectivity index (χ1v) is 4.95. The van der Waals surface area contributed by atoms with E-state index in [0.29, 0.717) is 5.41 Å². The minimum Gasteiger partial charge on any atom is -0.269 e. The van der Waals surface area contributed by atoms with Crippen molar-refractivity contribution in [3.05, 3.63) is 0 Å². The van der Waals surface area contributed by atoms with E-state index in [4.69, 9.17) is 5.84 Å². The highest BCUT2D eigenvalue weighted by Gasteiger charge is 2.09. The molecule has 0 heterocycles. The van der Waals surface area contributed by atoms with Crippen LogP contribution in [-0.2, 0) is 0 Å². The summed E-state index contributed by atoms with van der Waals surface area (Å²) in [5.74, 6) is 5.75. The molecular weight excluding hydrogens is 148 g/mol. The molecule has 0 bridgehead atoms. The Morgan fingerprint density at radius 3 is 2.17 bits per heavy atom. The molecule has 0 aromatic carbocycles. The molecule has 0 saturated carbocycles. The summed E-state index contributed by atoms with van der Waals surface area (Å²) in [5, 5.41) is 1.92. The van der Waals surface area contributed by atoms with Gasteiger partial charge < -0.3 is 0 Å². The lowest BCUT2D eigenvalue weighted by molar-refractivity contribution is 0.254. The number of hydrogen-bond donors (Lipinski definition) is 1. The smallest absolute Gasteiger partial charge is 0.0128 e. The third-order valence-corrected chi connectivity index (χ3v) is 1.88. The van der Waals surface area contributed by atoms with Crippen LogP contribution >= 0.6 is 0 Å². The van der Waals surface area contributed by atoms with Gasteiger partial charge in [-0.05, 0) is 24.7 Å². The molecular formula is C10H24N2. The van der Waals surface area contributed by atoms with E-state index < -0.39 is 0 Å². The van der Waals surface area contributed by atoms with Gasteiger partial charge in [-0.2, -0.15) is 0 Å². The van der Waals surface area contributed by atoms with Gasteiger partial charge in [0.15, 0.2) is 0 Å². The molecule has 0 fully saturated rings. The van der Waals surface area contributed by atoms with Crippen molar-refractivity contribution in [2.45, 2.75) is 47.0 Å². The zero-order valence-corrected chi connectivity index (χ0v) is 9.06. The van der Waals surface area contributed by atoms with Crippen molar-refractivity contribution in [1.82, 2.24) is 5.01 Å². The summed E-state index contributed by atoms with van der Waals surface area (Å²) in [6.45, 7) is 11.0. The fraction of sp³-hybridized carbons (Fsp3) is 1.00. The maximum Gasteiger partial charge on any atom is 0.0128 e. The average Bonchev–Trinajstić information content (AvgIpc) is 1.84. The van der Waals surface area contributed by atoms with E-state index in [9.17, 15) is 0 Å². The Morgan fingerprint density at radius 1 is 1.17 bits per heavy atom. The monoisotopic (exact) mass is 172 g/mol. The van der Waals surface area contributed by atoms with E-state index in [1.807, 2.05) is 5.01 Å². The molecule has 0 aromatic rings. The van der Waals surface area contributed by atoms with Gasteiger partial charge in [0.1, 0.15) is 0 Å². The van der Waals surface area contributed by atoms with Crippen molar-refractivity contribution < 1.29 is 0 Å². The molecule has 0 radical (unpaired) electrons. The highest BCUT2D eigenvalue weighted by atomic mass is 15.4. The lowest BCUT2D eigenvalue weighted by Crippen LogP contribution is -2.33. The quantitative estimate of drug-likeness (QED) is 0.509. The second-order valence-corrected chi connectivity index (χ2v) is 4.70. The molecule has 0 rings (SSSR count). The zero-order valence-electron chi connectivity index (χ0n) is 9.06. The summed E-state index contributed by atoms with van der Waals surface area (Å²) in [7, 11) is 0. The highest BCUT2D eigenvalue weighted by Crippen LogP contribution is 2.20. The Bertz CT molecular complexity index is 105. The van der Waals surface area contributed by atoms with Crippen molar-refractivity contribution in [1.29, 1.82) is 0 Å². The minimum atomic E-state index is 0.451. The molecule has 0 atom stereocenters. The molecule has 0 unspecified atom stereocenters. The van der Waals surface area contributed by atoms with E-state index in [1.54, 1.807) is 0 Å². The molecule has 2 N–H and O–H groups in total. The molecule has 2 nitrogen and oxygen atoms in total. The number of nitrogens with zero attached hydrogens (tertiary/aromatic N) is 1. The van der Waals surface area contributed by atoms with Crippen LogP contribution in [0.5, 0.6) is 0 Å². The lowest BCUT2D eigenvalue weighted by Gasteiger charge is -2.20. The highest BCUT2D eigenvalue weighted by molar-refractivity contribution is 4.62. The van der Waals surface area contributed by atoms with Crippen molar-refractivity contribution in [2.75, 3.05) is 13.1 Å². The molecule has 74 valence electrons. The normalized spacial score (nSPS) is 12.5. The molecule has 0 amide bonds. The van der Waals surface area contributed by atoms with Gasteiger partial charge in [-0.15, -0.1) is 0 Å². The van der Waals surface area contributed by atoms with Crippen LogP contribution in [-0.4, -0.2) is 18.1 Å². The van der Waals surface area contributed by atoms with Crippen LogP contribution in [0.15, 0.2) is 0 Å². The summed E-state index contributed by atoms with van der Waals surface area (Å²) >= 11 is 0. The summed E-state index contributed by atoms with van der Waals surface area (Å²) in [4.78, 5) is 0. The van der Waals surface area contributed by atoms with Crippen molar-refractivity contribution in [3.8, 4) is 0 Å². The van der Waals surface area contributed by atoms with Crippen LogP contribution in [0.25, 0.3) is 0 Å². The number of rotatable bonds is 5. The molecule has 0 spiro atoms. The van der Waals surface area contributed by atoms with Crippen molar-refractivity contribution >= 4 is 0 Å². The summed E-state index contributed by atoms with van der Waals surface area (Å²) in [6.07, 6.45) is 3.61. The third-order valence-electron chi connectivity index (χ3n) is 1.88. The Balaban J connectivity index is 3.31. The fourth-order valence-electron chi connectivity index (χ4n) is 1.21. The van der Waals surface area contributed by atoms with Crippen molar-refractivity contribution in [3.63, 3.8) is 0 Å². The fourth-order valence-corrected chi connectivity index (χ4v) is 1.21. The topological polar surface area (TPSA) is 29.3 Å². The van der Waals surface area contributed by atoms with Crippen LogP contribution in [0.4, 0.5) is 0 Å². The van der Waals surface area contributed by atoms with E-state index >= 15 is 0 Å². The number of hydrogen-bond acceptors (Lipinski definition) is 2. The van der Waals surface area contributed by atoms with Gasteiger partial charge in [0.25, 0.3) is 0 Å². The maximum atomic E-state index is 5.75. The Morgan fingerprint density at radius 2 is 1.75 bits per heavy atom. The van der Waals surface area contributed by atoms with Crippen molar-refractivity contribution in [2.24, 2.45) is 11.3 Å². The zero-order chi connectivity index (χ0) is 9.61. The van der Waals surface area contributed by atoms with Crippen LogP contribution in [0, 0.1) is 5.41 Å². The lowest BCUT2D eigenvalue weighted by atomic mass is 9.91. The first-order chi connectivity index (χ1) is 5.45. The Hall–Kier alpha value is -0.0800. The molecule has 12 heavy (non-hydrogen) atoms. The van der Waals surface area contributed by atoms with Crippen LogP contribution < -0.4 is 5.84 Å². The Kier molecular flexibility index (Phi) is 5.51. The number of nitrogens with two attached hydrogens (primary N) is 1. The van der Waals surface area contributed by atoms with Gasteiger partial charge in [-0.25, -0.2) is 5.01 Å². The SMILES string of the molecule is CCCN(N)CCCC(C)(C)C. The largest absolute Gasteiger partial charge is 0.269 e. The van der Waals surface area contributed by atoms with E-state index in [-0.39, 0.29) is 0 Å². The maximum absolute atomic E-state index is 5.75. The molecule has 2 heteroatoms. The third kappa shape index (κ3) is 8.02. The van der Waals surface area contributed by atoms with Gasteiger partial charge in [-0.1, -0.05) is 27.7 Å². The summed E-state index contributed by atoms with van der Waals surface area (Å²) < 4.78 is 0. The van der Waals surface area contributed by atoms with Gasteiger partial charge in [0, 0.05) is 13.1 Å². The van der Waals surface area contributed by atoms with Gasteiger partial charge >= 0.3 is 0 Å². The Labute approximate surface area is 77.1 Å². The molecule has 0 aromatic heterocycles. The summed E-state index contributed by atoms with van der Waals surface area (Å²) in [6, 6.07) is 0. The first kappa shape index (κ1) is 11.9. The van der Waals surface area contributed by atoms with E-state index in [1.165, 1.54) is 12.8 Å².